The van der Waals surface area contributed by atoms with E-state index < -0.39 is 0 Å². The van der Waals surface area contributed by atoms with Gasteiger partial charge in [-0.3, -0.25) is 0 Å². The largest absolute Gasteiger partial charge is 0.378 e. The Morgan fingerprint density at radius 1 is 1.16 bits per heavy atom. The van der Waals surface area contributed by atoms with E-state index in [1.807, 2.05) is 0 Å². The van der Waals surface area contributed by atoms with E-state index in [-0.39, 0.29) is 0 Å². The monoisotopic (exact) mass is 260 g/mol. The molecule has 1 fully saturated rings. The van der Waals surface area contributed by atoms with Gasteiger partial charge in [-0.25, -0.2) is 0 Å². The average Bonchev–Trinajstić information content (AvgIpc) is 2.77. The standard InChI is InChI=1S/C17H28N2/c1-5-15-8-11-17(13(15)2)18-12-14-6-9-16(10-7-14)19(3)4/h6-7,9-10,13,15,17-18H,5,8,11-12H2,1-4H3. The van der Waals surface area contributed by atoms with E-state index in [0.717, 1.165) is 18.4 Å². The summed E-state index contributed by atoms with van der Waals surface area (Å²) in [5.41, 5.74) is 2.65. The second-order valence-electron chi connectivity index (χ2n) is 6.15. The third-order valence-corrected chi connectivity index (χ3v) is 4.77. The molecule has 0 radical (unpaired) electrons. The van der Waals surface area contributed by atoms with Gasteiger partial charge in [-0.15, -0.1) is 0 Å². The number of nitrogens with zero attached hydrogens (tertiary/aromatic N) is 1. The lowest BCUT2D eigenvalue weighted by Crippen LogP contribution is -2.32. The number of hydrogen-bond acceptors (Lipinski definition) is 2. The Bertz CT molecular complexity index is 383. The molecule has 1 aromatic carbocycles. The number of benzene rings is 1. The highest BCUT2D eigenvalue weighted by atomic mass is 15.1. The van der Waals surface area contributed by atoms with E-state index in [1.54, 1.807) is 0 Å². The van der Waals surface area contributed by atoms with Gasteiger partial charge in [0, 0.05) is 32.4 Å². The van der Waals surface area contributed by atoms with Gasteiger partial charge in [0.25, 0.3) is 0 Å². The summed E-state index contributed by atoms with van der Waals surface area (Å²) in [5, 5.41) is 3.75. The number of rotatable bonds is 5. The van der Waals surface area contributed by atoms with Gasteiger partial charge in [-0.05, 0) is 42.4 Å². The van der Waals surface area contributed by atoms with Gasteiger partial charge in [0.2, 0.25) is 0 Å². The van der Waals surface area contributed by atoms with Crippen LogP contribution < -0.4 is 10.2 Å². The van der Waals surface area contributed by atoms with Gasteiger partial charge >= 0.3 is 0 Å². The Morgan fingerprint density at radius 3 is 2.37 bits per heavy atom. The van der Waals surface area contributed by atoms with Crippen LogP contribution in [-0.4, -0.2) is 20.1 Å². The summed E-state index contributed by atoms with van der Waals surface area (Å²) in [4.78, 5) is 2.14. The zero-order chi connectivity index (χ0) is 13.8. The molecular formula is C17H28N2. The van der Waals surface area contributed by atoms with Gasteiger partial charge in [-0.1, -0.05) is 32.4 Å². The fraction of sp³-hybridized carbons (Fsp3) is 0.647. The van der Waals surface area contributed by atoms with E-state index in [9.17, 15) is 0 Å². The molecular weight excluding hydrogens is 232 g/mol. The van der Waals surface area contributed by atoms with Crippen molar-refractivity contribution in [3.05, 3.63) is 29.8 Å². The van der Waals surface area contributed by atoms with Crippen LogP contribution in [0.2, 0.25) is 0 Å². The molecule has 0 saturated heterocycles. The van der Waals surface area contributed by atoms with Crippen molar-refractivity contribution in [1.82, 2.24) is 5.32 Å². The van der Waals surface area contributed by atoms with E-state index in [2.05, 4.69) is 62.4 Å². The van der Waals surface area contributed by atoms with Gasteiger partial charge in [0.15, 0.2) is 0 Å². The molecule has 2 heteroatoms. The number of anilines is 1. The number of nitrogens with one attached hydrogen (secondary N) is 1. The van der Waals surface area contributed by atoms with E-state index >= 15 is 0 Å². The molecule has 0 amide bonds. The van der Waals surface area contributed by atoms with Crippen molar-refractivity contribution in [2.24, 2.45) is 11.8 Å². The Kier molecular flexibility index (Phi) is 4.87. The first kappa shape index (κ1) is 14.4. The molecule has 1 N–H and O–H groups in total. The van der Waals surface area contributed by atoms with Crippen LogP contribution in [0.4, 0.5) is 5.69 Å². The van der Waals surface area contributed by atoms with Gasteiger partial charge in [0.1, 0.15) is 0 Å². The van der Waals surface area contributed by atoms with Crippen LogP contribution in [0, 0.1) is 11.8 Å². The van der Waals surface area contributed by atoms with Crippen molar-refractivity contribution in [3.8, 4) is 0 Å². The minimum absolute atomic E-state index is 0.707. The first-order valence-electron chi connectivity index (χ1n) is 7.61. The van der Waals surface area contributed by atoms with Crippen LogP contribution in [0.5, 0.6) is 0 Å². The van der Waals surface area contributed by atoms with E-state index in [1.165, 1.54) is 30.5 Å². The highest BCUT2D eigenvalue weighted by molar-refractivity contribution is 5.45. The summed E-state index contributed by atoms with van der Waals surface area (Å²) in [6.45, 7) is 5.73. The van der Waals surface area contributed by atoms with Crippen LogP contribution in [0.3, 0.4) is 0 Å². The maximum atomic E-state index is 3.75. The predicted molar refractivity (Wildman–Crippen MR) is 83.6 cm³/mol. The lowest BCUT2D eigenvalue weighted by Gasteiger charge is -2.21. The second kappa shape index (κ2) is 6.42. The van der Waals surface area contributed by atoms with Crippen molar-refractivity contribution >= 4 is 5.69 Å². The molecule has 106 valence electrons. The third-order valence-electron chi connectivity index (χ3n) is 4.77. The van der Waals surface area contributed by atoms with Crippen molar-refractivity contribution < 1.29 is 0 Å². The molecule has 1 aliphatic rings. The molecule has 3 atom stereocenters. The summed E-state index contributed by atoms with van der Waals surface area (Å²) in [7, 11) is 4.16. The maximum absolute atomic E-state index is 3.75. The van der Waals surface area contributed by atoms with Gasteiger partial charge < -0.3 is 10.2 Å². The summed E-state index contributed by atoms with van der Waals surface area (Å²) >= 11 is 0. The zero-order valence-electron chi connectivity index (χ0n) is 12.8. The third kappa shape index (κ3) is 3.50. The highest BCUT2D eigenvalue weighted by Crippen LogP contribution is 2.33. The summed E-state index contributed by atoms with van der Waals surface area (Å²) in [5.74, 6) is 1.75. The zero-order valence-corrected chi connectivity index (χ0v) is 12.8. The second-order valence-corrected chi connectivity index (χ2v) is 6.15. The Labute approximate surface area is 118 Å². The summed E-state index contributed by atoms with van der Waals surface area (Å²) in [6.07, 6.45) is 4.07. The Morgan fingerprint density at radius 2 is 1.84 bits per heavy atom. The smallest absolute Gasteiger partial charge is 0.0361 e. The molecule has 0 heterocycles. The Balaban J connectivity index is 1.85. The molecule has 2 nitrogen and oxygen atoms in total. The van der Waals surface area contributed by atoms with Crippen molar-refractivity contribution in [1.29, 1.82) is 0 Å². The quantitative estimate of drug-likeness (QED) is 0.869. The first-order valence-corrected chi connectivity index (χ1v) is 7.61. The van der Waals surface area contributed by atoms with Gasteiger partial charge in [-0.2, -0.15) is 0 Å². The predicted octanol–water partition coefficient (Wildman–Crippen LogP) is 3.67. The van der Waals surface area contributed by atoms with Gasteiger partial charge in [0.05, 0.1) is 0 Å². The minimum atomic E-state index is 0.707. The summed E-state index contributed by atoms with van der Waals surface area (Å²) in [6, 6.07) is 9.57. The highest BCUT2D eigenvalue weighted by Gasteiger charge is 2.30. The maximum Gasteiger partial charge on any atom is 0.0361 e. The molecule has 1 aliphatic carbocycles. The SMILES string of the molecule is CCC1CCC(NCc2ccc(N(C)C)cc2)C1C. The molecule has 0 bridgehead atoms. The normalized spacial score (nSPS) is 26.6. The molecule has 3 unspecified atom stereocenters. The fourth-order valence-corrected chi connectivity index (χ4v) is 3.27. The fourth-order valence-electron chi connectivity index (χ4n) is 3.27. The Hall–Kier alpha value is -1.02. The molecule has 1 aromatic rings. The van der Waals surface area contributed by atoms with Crippen LogP contribution in [0.1, 0.15) is 38.7 Å². The van der Waals surface area contributed by atoms with Crippen molar-refractivity contribution in [2.75, 3.05) is 19.0 Å². The molecule has 0 spiro atoms. The van der Waals surface area contributed by atoms with E-state index in [0.29, 0.717) is 6.04 Å². The van der Waals surface area contributed by atoms with Crippen LogP contribution >= 0.6 is 0 Å². The average molecular weight is 260 g/mol. The topological polar surface area (TPSA) is 15.3 Å². The van der Waals surface area contributed by atoms with Crippen molar-refractivity contribution in [2.45, 2.75) is 45.7 Å². The molecule has 0 aromatic heterocycles. The van der Waals surface area contributed by atoms with E-state index in [4.69, 9.17) is 0 Å². The van der Waals surface area contributed by atoms with Crippen molar-refractivity contribution in [3.63, 3.8) is 0 Å². The lowest BCUT2D eigenvalue weighted by atomic mass is 9.93. The molecule has 0 aliphatic heterocycles. The minimum Gasteiger partial charge on any atom is -0.378 e. The first-order chi connectivity index (χ1) is 9.11. The van der Waals surface area contributed by atoms with Crippen LogP contribution in [-0.2, 0) is 6.54 Å². The molecule has 1 saturated carbocycles. The number of hydrogen-bond donors (Lipinski definition) is 1. The van der Waals surface area contributed by atoms with Crippen LogP contribution in [0.25, 0.3) is 0 Å². The summed E-state index contributed by atoms with van der Waals surface area (Å²) < 4.78 is 0. The molecule has 2 rings (SSSR count). The lowest BCUT2D eigenvalue weighted by molar-refractivity contribution is 0.344. The molecule has 19 heavy (non-hydrogen) atoms. The van der Waals surface area contributed by atoms with Crippen LogP contribution in [0.15, 0.2) is 24.3 Å².